The van der Waals surface area contributed by atoms with Crippen molar-refractivity contribution in [2.45, 2.75) is 6.54 Å². The fourth-order valence-electron chi connectivity index (χ4n) is 1.86. The number of carbonyl (C=O) groups is 1. The molecule has 0 saturated heterocycles. The van der Waals surface area contributed by atoms with Crippen LogP contribution in [0.4, 0.5) is 0 Å². The number of nitrogens with two attached hydrogens (primary N) is 1. The number of hydrogen-bond acceptors (Lipinski definition) is 4. The second-order valence-corrected chi connectivity index (χ2v) is 4.23. The van der Waals surface area contributed by atoms with E-state index < -0.39 is 5.91 Å². The van der Waals surface area contributed by atoms with Gasteiger partial charge in [-0.15, -0.1) is 0 Å². The average Bonchev–Trinajstić information content (AvgIpc) is 2.67. The summed E-state index contributed by atoms with van der Waals surface area (Å²) in [5, 5.41) is 0.351. The SMILES string of the molecule is NC(=O)c1cn2c(n1)-c1ccc(Cl)nc1OCC2. The van der Waals surface area contributed by atoms with Gasteiger partial charge in [0.25, 0.3) is 5.91 Å². The van der Waals surface area contributed by atoms with Gasteiger partial charge in [0, 0.05) is 6.20 Å². The topological polar surface area (TPSA) is 83.0 Å². The van der Waals surface area contributed by atoms with Crippen LogP contribution in [0.15, 0.2) is 18.3 Å². The maximum absolute atomic E-state index is 11.1. The number of nitrogens with zero attached hydrogens (tertiary/aromatic N) is 3. The smallest absolute Gasteiger partial charge is 0.268 e. The lowest BCUT2D eigenvalue weighted by Crippen LogP contribution is -2.11. The van der Waals surface area contributed by atoms with Gasteiger partial charge < -0.3 is 15.0 Å². The van der Waals surface area contributed by atoms with E-state index in [0.29, 0.717) is 35.6 Å². The lowest BCUT2D eigenvalue weighted by atomic mass is 10.2. The van der Waals surface area contributed by atoms with Crippen molar-refractivity contribution >= 4 is 17.5 Å². The molecule has 92 valence electrons. The number of carbonyl (C=O) groups excluding carboxylic acids is 1. The molecule has 0 radical (unpaired) electrons. The number of aromatic nitrogens is 3. The van der Waals surface area contributed by atoms with Crippen LogP contribution in [-0.2, 0) is 6.54 Å². The van der Waals surface area contributed by atoms with Crippen molar-refractivity contribution in [2.24, 2.45) is 5.73 Å². The van der Waals surface area contributed by atoms with Gasteiger partial charge >= 0.3 is 0 Å². The second kappa shape index (κ2) is 3.99. The number of rotatable bonds is 1. The summed E-state index contributed by atoms with van der Waals surface area (Å²) in [6.07, 6.45) is 1.62. The maximum atomic E-state index is 11.1. The highest BCUT2D eigenvalue weighted by Crippen LogP contribution is 2.31. The lowest BCUT2D eigenvalue weighted by Gasteiger charge is -2.04. The number of amides is 1. The molecule has 2 aromatic heterocycles. The van der Waals surface area contributed by atoms with Gasteiger partial charge in [0.2, 0.25) is 5.88 Å². The Bertz CT molecular complexity index is 638. The highest BCUT2D eigenvalue weighted by atomic mass is 35.5. The van der Waals surface area contributed by atoms with Crippen LogP contribution >= 0.6 is 11.6 Å². The Hall–Kier alpha value is -2.08. The zero-order valence-electron chi connectivity index (χ0n) is 9.26. The summed E-state index contributed by atoms with van der Waals surface area (Å²) in [5.74, 6) is 0.475. The summed E-state index contributed by atoms with van der Waals surface area (Å²) < 4.78 is 7.32. The van der Waals surface area contributed by atoms with Crippen LogP contribution in [-0.4, -0.2) is 27.0 Å². The fraction of sp³-hybridized carbons (Fsp3) is 0.182. The Kier molecular flexibility index (Phi) is 2.45. The average molecular weight is 265 g/mol. The molecule has 0 aliphatic carbocycles. The quantitative estimate of drug-likeness (QED) is 0.782. The molecule has 0 saturated carbocycles. The van der Waals surface area contributed by atoms with Crippen LogP contribution in [0.25, 0.3) is 11.4 Å². The van der Waals surface area contributed by atoms with E-state index in [9.17, 15) is 4.79 Å². The predicted octanol–water partition coefficient (Wildman–Crippen LogP) is 1.09. The molecule has 1 amide bonds. The number of pyridine rings is 1. The van der Waals surface area contributed by atoms with Gasteiger partial charge in [-0.3, -0.25) is 4.79 Å². The number of primary amides is 1. The Morgan fingerprint density at radius 3 is 3.06 bits per heavy atom. The molecule has 7 heteroatoms. The third-order valence-corrected chi connectivity index (χ3v) is 2.88. The van der Waals surface area contributed by atoms with Gasteiger partial charge in [-0.1, -0.05) is 11.6 Å². The fourth-order valence-corrected chi connectivity index (χ4v) is 2.00. The van der Waals surface area contributed by atoms with E-state index in [-0.39, 0.29) is 5.69 Å². The molecular weight excluding hydrogens is 256 g/mol. The predicted molar refractivity (Wildman–Crippen MR) is 64.5 cm³/mol. The lowest BCUT2D eigenvalue weighted by molar-refractivity contribution is 0.0996. The van der Waals surface area contributed by atoms with Crippen LogP contribution in [0.5, 0.6) is 5.88 Å². The van der Waals surface area contributed by atoms with Crippen molar-refractivity contribution in [2.75, 3.05) is 6.61 Å². The first-order valence-electron chi connectivity index (χ1n) is 5.32. The summed E-state index contributed by atoms with van der Waals surface area (Å²) in [6.45, 7) is 1.01. The summed E-state index contributed by atoms with van der Waals surface area (Å²) in [7, 11) is 0. The van der Waals surface area contributed by atoms with E-state index in [1.807, 2.05) is 4.57 Å². The number of ether oxygens (including phenoxy) is 1. The highest BCUT2D eigenvalue weighted by molar-refractivity contribution is 6.29. The summed E-state index contributed by atoms with van der Waals surface area (Å²) in [6, 6.07) is 3.41. The molecule has 3 heterocycles. The molecular formula is C11H9ClN4O2. The monoisotopic (exact) mass is 264 g/mol. The molecule has 0 unspecified atom stereocenters. The van der Waals surface area contributed by atoms with Crippen LogP contribution < -0.4 is 10.5 Å². The molecule has 0 bridgehead atoms. The molecule has 0 aromatic carbocycles. The van der Waals surface area contributed by atoms with E-state index in [1.54, 1.807) is 18.3 Å². The Morgan fingerprint density at radius 2 is 2.28 bits per heavy atom. The van der Waals surface area contributed by atoms with Crippen LogP contribution in [0, 0.1) is 0 Å². The van der Waals surface area contributed by atoms with Gasteiger partial charge in [0.15, 0.2) is 0 Å². The van der Waals surface area contributed by atoms with Crippen LogP contribution in [0.1, 0.15) is 10.5 Å². The van der Waals surface area contributed by atoms with Crippen molar-refractivity contribution in [3.8, 4) is 17.3 Å². The zero-order valence-corrected chi connectivity index (χ0v) is 10.0. The molecule has 3 rings (SSSR count). The summed E-state index contributed by atoms with van der Waals surface area (Å²) in [4.78, 5) is 19.5. The number of fused-ring (bicyclic) bond motifs is 3. The van der Waals surface area contributed by atoms with Crippen molar-refractivity contribution in [3.63, 3.8) is 0 Å². The van der Waals surface area contributed by atoms with Gasteiger partial charge in [0.1, 0.15) is 23.3 Å². The molecule has 2 aromatic rings. The minimum atomic E-state index is -0.556. The molecule has 0 fully saturated rings. The number of halogens is 1. The molecule has 18 heavy (non-hydrogen) atoms. The first kappa shape index (κ1) is 11.0. The van der Waals surface area contributed by atoms with E-state index in [4.69, 9.17) is 22.1 Å². The molecule has 0 atom stereocenters. The second-order valence-electron chi connectivity index (χ2n) is 3.84. The van der Waals surface area contributed by atoms with E-state index >= 15 is 0 Å². The standard InChI is InChI=1S/C11H9ClN4O2/c12-8-2-1-6-10-14-7(9(13)17)5-16(10)3-4-18-11(6)15-8/h1-2,5H,3-4H2,(H2,13,17). The first-order valence-corrected chi connectivity index (χ1v) is 5.69. The van der Waals surface area contributed by atoms with Crippen molar-refractivity contribution in [1.82, 2.24) is 14.5 Å². The Balaban J connectivity index is 2.20. The Labute approximate surface area is 107 Å². The highest BCUT2D eigenvalue weighted by Gasteiger charge is 2.20. The summed E-state index contributed by atoms with van der Waals surface area (Å²) in [5.41, 5.74) is 6.15. The molecule has 6 nitrogen and oxygen atoms in total. The number of imidazole rings is 1. The molecule has 1 aliphatic heterocycles. The first-order chi connectivity index (χ1) is 8.65. The third kappa shape index (κ3) is 1.70. The van der Waals surface area contributed by atoms with Gasteiger partial charge in [-0.2, -0.15) is 0 Å². The Morgan fingerprint density at radius 1 is 1.44 bits per heavy atom. The van der Waals surface area contributed by atoms with E-state index in [2.05, 4.69) is 9.97 Å². The van der Waals surface area contributed by atoms with E-state index in [0.717, 1.165) is 0 Å². The van der Waals surface area contributed by atoms with Crippen molar-refractivity contribution < 1.29 is 9.53 Å². The third-order valence-electron chi connectivity index (χ3n) is 2.67. The van der Waals surface area contributed by atoms with Gasteiger partial charge in [-0.25, -0.2) is 9.97 Å². The molecule has 0 spiro atoms. The van der Waals surface area contributed by atoms with Crippen LogP contribution in [0.2, 0.25) is 5.15 Å². The zero-order chi connectivity index (χ0) is 12.7. The maximum Gasteiger partial charge on any atom is 0.268 e. The number of hydrogen-bond donors (Lipinski definition) is 1. The largest absolute Gasteiger partial charge is 0.475 e. The van der Waals surface area contributed by atoms with Crippen LogP contribution in [0.3, 0.4) is 0 Å². The summed E-state index contributed by atoms with van der Waals surface area (Å²) >= 11 is 5.82. The molecule has 2 N–H and O–H groups in total. The molecule has 1 aliphatic rings. The normalized spacial score (nSPS) is 13.2. The van der Waals surface area contributed by atoms with Gasteiger partial charge in [0.05, 0.1) is 12.1 Å². The van der Waals surface area contributed by atoms with E-state index in [1.165, 1.54) is 0 Å². The minimum absolute atomic E-state index is 0.229. The minimum Gasteiger partial charge on any atom is -0.475 e. The van der Waals surface area contributed by atoms with Gasteiger partial charge in [-0.05, 0) is 12.1 Å². The van der Waals surface area contributed by atoms with Crippen molar-refractivity contribution in [1.29, 1.82) is 0 Å². The van der Waals surface area contributed by atoms with Crippen molar-refractivity contribution in [3.05, 3.63) is 29.2 Å².